The SMILES string of the molecule is C[C@@H]1CN([C@@H](C)CO)C(=O)Cc2cc(NS(C)(=O)=O)ccc2O[C@H]1CN(C)S(=O)(=O)c1ccc(Cl)cc1. The van der Waals surface area contributed by atoms with E-state index in [0.717, 1.165) is 6.26 Å². The molecule has 0 fully saturated rings. The molecule has 10 nitrogen and oxygen atoms in total. The number of rotatable bonds is 8. The molecule has 0 saturated carbocycles. The van der Waals surface area contributed by atoms with Crippen molar-refractivity contribution in [2.24, 2.45) is 5.92 Å². The molecule has 0 aromatic heterocycles. The first kappa shape index (κ1) is 29.2. The Bertz CT molecular complexity index is 1330. The quantitative estimate of drug-likeness (QED) is 0.494. The highest BCUT2D eigenvalue weighted by Gasteiger charge is 2.33. The Labute approximate surface area is 223 Å². The van der Waals surface area contributed by atoms with Crippen LogP contribution < -0.4 is 9.46 Å². The number of halogens is 1. The molecule has 0 saturated heterocycles. The van der Waals surface area contributed by atoms with Gasteiger partial charge in [0.25, 0.3) is 0 Å². The molecule has 1 heterocycles. The zero-order valence-corrected chi connectivity index (χ0v) is 23.5. The molecular formula is C24H32ClN3O7S2. The van der Waals surface area contributed by atoms with Crippen LogP contribution in [0, 0.1) is 5.92 Å². The van der Waals surface area contributed by atoms with Crippen LogP contribution in [0.4, 0.5) is 5.69 Å². The summed E-state index contributed by atoms with van der Waals surface area (Å²) >= 11 is 5.91. The monoisotopic (exact) mass is 573 g/mol. The van der Waals surface area contributed by atoms with Crippen molar-refractivity contribution in [3.8, 4) is 5.75 Å². The van der Waals surface area contributed by atoms with Gasteiger partial charge < -0.3 is 14.7 Å². The molecule has 3 atom stereocenters. The van der Waals surface area contributed by atoms with Crippen LogP contribution in [0.15, 0.2) is 47.4 Å². The molecule has 2 aromatic carbocycles. The third-order valence-electron chi connectivity index (χ3n) is 6.18. The molecule has 204 valence electrons. The number of amides is 1. The van der Waals surface area contributed by atoms with Crippen LogP contribution in [0.5, 0.6) is 5.75 Å². The number of sulfonamides is 2. The fraction of sp³-hybridized carbons (Fsp3) is 0.458. The number of ether oxygens (including phenoxy) is 1. The molecule has 2 N–H and O–H groups in total. The van der Waals surface area contributed by atoms with E-state index in [4.69, 9.17) is 16.3 Å². The average Bonchev–Trinajstić information content (AvgIpc) is 2.85. The highest BCUT2D eigenvalue weighted by atomic mass is 35.5. The van der Waals surface area contributed by atoms with Gasteiger partial charge in [0.15, 0.2) is 0 Å². The number of hydrogen-bond acceptors (Lipinski definition) is 7. The predicted octanol–water partition coefficient (Wildman–Crippen LogP) is 2.18. The smallest absolute Gasteiger partial charge is 0.242 e. The van der Waals surface area contributed by atoms with Crippen molar-refractivity contribution >= 4 is 43.2 Å². The van der Waals surface area contributed by atoms with Gasteiger partial charge in [0.2, 0.25) is 26.0 Å². The maximum Gasteiger partial charge on any atom is 0.242 e. The van der Waals surface area contributed by atoms with Crippen LogP contribution in [0.3, 0.4) is 0 Å². The number of aliphatic hydroxyl groups excluding tert-OH is 1. The van der Waals surface area contributed by atoms with Crippen molar-refractivity contribution in [1.29, 1.82) is 0 Å². The van der Waals surface area contributed by atoms with Crippen molar-refractivity contribution < 1.29 is 31.5 Å². The molecule has 0 spiro atoms. The second-order valence-electron chi connectivity index (χ2n) is 9.32. The lowest BCUT2D eigenvalue weighted by Crippen LogP contribution is -2.48. The van der Waals surface area contributed by atoms with Gasteiger partial charge in [-0.3, -0.25) is 9.52 Å². The number of nitrogens with zero attached hydrogens (tertiary/aromatic N) is 2. The second-order valence-corrected chi connectivity index (χ2v) is 13.6. The predicted molar refractivity (Wildman–Crippen MR) is 142 cm³/mol. The minimum atomic E-state index is -3.86. The Balaban J connectivity index is 1.99. The Morgan fingerprint density at radius 2 is 1.84 bits per heavy atom. The van der Waals surface area contributed by atoms with E-state index in [1.807, 2.05) is 6.92 Å². The highest BCUT2D eigenvalue weighted by Crippen LogP contribution is 2.30. The van der Waals surface area contributed by atoms with E-state index in [2.05, 4.69) is 4.72 Å². The van der Waals surface area contributed by atoms with Crippen molar-refractivity contribution in [2.45, 2.75) is 37.3 Å². The Morgan fingerprint density at radius 1 is 1.19 bits per heavy atom. The standard InChI is InChI=1S/C24H32ClN3O7S2/c1-16-13-28(17(2)15-29)24(30)12-18-11-20(26-36(4,31)32)7-10-22(18)35-23(16)14-27(3)37(33,34)21-8-5-19(25)6-9-21/h5-11,16-17,23,26,29H,12-15H2,1-4H3/t16-,17+,23+/m1/s1. The molecule has 0 bridgehead atoms. The number of carbonyl (C=O) groups is 1. The third-order valence-corrected chi connectivity index (χ3v) is 8.87. The number of hydrogen-bond donors (Lipinski definition) is 2. The lowest BCUT2D eigenvalue weighted by atomic mass is 10.0. The molecule has 1 aliphatic rings. The van der Waals surface area contributed by atoms with Crippen LogP contribution in [0.25, 0.3) is 0 Å². The van der Waals surface area contributed by atoms with Crippen LogP contribution in [0.2, 0.25) is 5.02 Å². The van der Waals surface area contributed by atoms with Crippen molar-refractivity contribution in [3.05, 3.63) is 53.1 Å². The number of aliphatic hydroxyl groups is 1. The number of nitrogens with one attached hydrogen (secondary N) is 1. The lowest BCUT2D eigenvalue weighted by molar-refractivity contribution is -0.134. The molecule has 37 heavy (non-hydrogen) atoms. The van der Waals surface area contributed by atoms with E-state index >= 15 is 0 Å². The summed E-state index contributed by atoms with van der Waals surface area (Å²) in [5, 5.41) is 10.2. The van der Waals surface area contributed by atoms with Crippen LogP contribution in [0.1, 0.15) is 19.4 Å². The second kappa shape index (κ2) is 11.6. The van der Waals surface area contributed by atoms with E-state index in [1.54, 1.807) is 17.9 Å². The minimum absolute atomic E-state index is 0.0234. The van der Waals surface area contributed by atoms with Gasteiger partial charge in [0.1, 0.15) is 11.9 Å². The molecule has 0 aliphatic carbocycles. The average molecular weight is 574 g/mol. The van der Waals surface area contributed by atoms with Gasteiger partial charge in [-0.05, 0) is 49.4 Å². The number of benzene rings is 2. The summed E-state index contributed by atoms with van der Waals surface area (Å²) in [7, 11) is -5.96. The Kier molecular flexibility index (Phi) is 9.12. The van der Waals surface area contributed by atoms with Gasteiger partial charge in [-0.25, -0.2) is 16.8 Å². The summed E-state index contributed by atoms with van der Waals surface area (Å²) < 4.78 is 59.7. The molecule has 1 aliphatic heterocycles. The molecule has 3 rings (SSSR count). The first-order valence-corrected chi connectivity index (χ1v) is 15.3. The lowest BCUT2D eigenvalue weighted by Gasteiger charge is -2.33. The Hall–Kier alpha value is -2.38. The van der Waals surface area contributed by atoms with E-state index in [1.165, 1.54) is 47.8 Å². The maximum atomic E-state index is 13.2. The summed E-state index contributed by atoms with van der Waals surface area (Å²) in [6.45, 7) is 3.52. The topological polar surface area (TPSA) is 133 Å². The van der Waals surface area contributed by atoms with Gasteiger partial charge in [-0.2, -0.15) is 4.31 Å². The summed E-state index contributed by atoms with van der Waals surface area (Å²) in [5.74, 6) is -0.238. The van der Waals surface area contributed by atoms with E-state index in [0.29, 0.717) is 16.3 Å². The van der Waals surface area contributed by atoms with E-state index < -0.39 is 32.2 Å². The molecule has 13 heteroatoms. The summed E-state index contributed by atoms with van der Waals surface area (Å²) in [6.07, 6.45) is 0.270. The largest absolute Gasteiger partial charge is 0.488 e. The van der Waals surface area contributed by atoms with Crippen molar-refractivity contribution in [2.75, 3.05) is 37.7 Å². The summed E-state index contributed by atoms with van der Waals surface area (Å²) in [5.41, 5.74) is 0.710. The van der Waals surface area contributed by atoms with Crippen molar-refractivity contribution in [3.63, 3.8) is 0 Å². The summed E-state index contributed by atoms with van der Waals surface area (Å²) in [6, 6.07) is 9.98. The maximum absolute atomic E-state index is 13.2. The molecular weight excluding hydrogens is 542 g/mol. The fourth-order valence-corrected chi connectivity index (χ4v) is 5.93. The zero-order chi connectivity index (χ0) is 27.5. The molecule has 0 radical (unpaired) electrons. The number of anilines is 1. The van der Waals surface area contributed by atoms with Gasteiger partial charge >= 0.3 is 0 Å². The number of likely N-dealkylation sites (N-methyl/N-ethyl adjacent to an activating group) is 1. The fourth-order valence-electron chi connectivity index (χ4n) is 4.06. The van der Waals surface area contributed by atoms with Gasteiger partial charge in [-0.15, -0.1) is 0 Å². The Morgan fingerprint density at radius 3 is 2.43 bits per heavy atom. The third kappa shape index (κ3) is 7.35. The van der Waals surface area contributed by atoms with Crippen LogP contribution in [-0.2, 0) is 31.3 Å². The van der Waals surface area contributed by atoms with E-state index in [-0.39, 0.29) is 48.5 Å². The highest BCUT2D eigenvalue weighted by molar-refractivity contribution is 7.92. The molecule has 1 amide bonds. The van der Waals surface area contributed by atoms with E-state index in [9.17, 15) is 26.7 Å². The number of fused-ring (bicyclic) bond motifs is 1. The van der Waals surface area contributed by atoms with Gasteiger partial charge in [-0.1, -0.05) is 18.5 Å². The van der Waals surface area contributed by atoms with Crippen LogP contribution >= 0.6 is 11.6 Å². The summed E-state index contributed by atoms with van der Waals surface area (Å²) in [4.78, 5) is 14.9. The van der Waals surface area contributed by atoms with Gasteiger partial charge in [0, 0.05) is 35.8 Å². The normalized spacial score (nSPS) is 19.9. The van der Waals surface area contributed by atoms with Crippen LogP contribution in [-0.4, -0.2) is 82.2 Å². The van der Waals surface area contributed by atoms with Gasteiger partial charge in [0.05, 0.1) is 36.8 Å². The van der Waals surface area contributed by atoms with Crippen molar-refractivity contribution in [1.82, 2.24) is 9.21 Å². The molecule has 0 unspecified atom stereocenters. The zero-order valence-electron chi connectivity index (χ0n) is 21.1. The number of carbonyl (C=O) groups excluding carboxylic acids is 1. The first-order valence-electron chi connectivity index (χ1n) is 11.6. The first-order chi connectivity index (χ1) is 17.2. The minimum Gasteiger partial charge on any atom is -0.488 e. The molecule has 2 aromatic rings.